The summed E-state index contributed by atoms with van der Waals surface area (Å²) in [6, 6.07) is -2.06. The summed E-state index contributed by atoms with van der Waals surface area (Å²) < 4.78 is 0. The SMILES string of the molecule is C=C(CCN=C(N)N)C1NC(=O)C(CC(=O)O)NC(=O)C(CCCN=C(N)N)NC(=O)C(C(C)CC)NC(=O)C(C(C)C)NC(=O)C(CC(C)C)NC(=O)C(CC(C)C)NC(=O)C(Cc2ccccc2)NC(=O)CSCC(C(=O)NCC(N)=O)NC(=O)C(CCCN=C(N)N)NC(=O)C(Cc2ccccc2)NC(=O)C(C(C)C)NC1=O. The van der Waals surface area contributed by atoms with Crippen LogP contribution in [0.2, 0.25) is 0 Å². The first kappa shape index (κ1) is 98.6. The van der Waals surface area contributed by atoms with Crippen molar-refractivity contribution < 1.29 is 77.0 Å². The van der Waals surface area contributed by atoms with Crippen LogP contribution in [0.15, 0.2) is 87.8 Å². The Labute approximate surface area is 680 Å². The van der Waals surface area contributed by atoms with E-state index < -0.39 is 203 Å². The highest BCUT2D eigenvalue weighted by atomic mass is 32.2. The lowest BCUT2D eigenvalue weighted by Crippen LogP contribution is -2.62. The third-order valence-electron chi connectivity index (χ3n) is 18.3. The Morgan fingerprint density at radius 2 is 0.853 bits per heavy atom. The average Bonchev–Trinajstić information content (AvgIpc) is 0.836. The molecular weight excluding hydrogens is 1520 g/mol. The Morgan fingerprint density at radius 3 is 1.31 bits per heavy atom. The zero-order valence-electron chi connectivity index (χ0n) is 67.7. The van der Waals surface area contributed by atoms with Crippen LogP contribution in [0.25, 0.3) is 0 Å². The van der Waals surface area contributed by atoms with Crippen LogP contribution < -0.4 is 109 Å². The number of hydrogen-bond acceptors (Lipinski definition) is 19. The summed E-state index contributed by atoms with van der Waals surface area (Å²) in [4.78, 5) is 228. The van der Waals surface area contributed by atoms with Crippen molar-refractivity contribution in [2.24, 2.45) is 84.7 Å². The number of aliphatic carboxylic acids is 1. The first-order valence-corrected chi connectivity index (χ1v) is 39.7. The molecule has 13 unspecified atom stereocenters. The van der Waals surface area contributed by atoms with Gasteiger partial charge in [-0.2, -0.15) is 0 Å². The van der Waals surface area contributed by atoms with Crippen molar-refractivity contribution in [3.05, 3.63) is 83.9 Å². The van der Waals surface area contributed by atoms with Crippen LogP contribution in [0.5, 0.6) is 0 Å². The van der Waals surface area contributed by atoms with Gasteiger partial charge < -0.3 is 114 Å². The van der Waals surface area contributed by atoms with Gasteiger partial charge in [-0.05, 0) is 91.2 Å². The summed E-state index contributed by atoms with van der Waals surface area (Å²) >= 11 is 0.807. The predicted octanol–water partition coefficient (Wildman–Crippen LogP) is -4.11. The van der Waals surface area contributed by atoms with E-state index in [1.165, 1.54) is 13.8 Å². The molecule has 642 valence electrons. The molecule has 1 fully saturated rings. The maximum absolute atomic E-state index is 15.0. The molecule has 0 bridgehead atoms. The number of hydrogen-bond donors (Lipinski definition) is 21. The third kappa shape index (κ3) is 36.7. The van der Waals surface area contributed by atoms with E-state index in [4.69, 9.17) is 40.1 Å². The fraction of sp³-hybridized carbons (Fsp3) is 0.579. The van der Waals surface area contributed by atoms with Gasteiger partial charge in [-0.1, -0.05) is 143 Å². The zero-order chi connectivity index (χ0) is 87.1. The van der Waals surface area contributed by atoms with E-state index in [2.05, 4.69) is 90.7 Å². The molecule has 13 atom stereocenters. The lowest BCUT2D eigenvalue weighted by Gasteiger charge is -2.31. The Bertz CT molecular complexity index is 3780. The van der Waals surface area contributed by atoms with Gasteiger partial charge in [0.2, 0.25) is 82.7 Å². The molecule has 0 saturated carbocycles. The largest absolute Gasteiger partial charge is 0.481 e. The highest BCUT2D eigenvalue weighted by molar-refractivity contribution is 8.00. The summed E-state index contributed by atoms with van der Waals surface area (Å²) in [7, 11) is 0. The van der Waals surface area contributed by atoms with E-state index in [1.54, 1.807) is 116 Å². The van der Waals surface area contributed by atoms with Gasteiger partial charge >= 0.3 is 5.97 Å². The van der Waals surface area contributed by atoms with Crippen molar-refractivity contribution >= 4 is 118 Å². The molecule has 0 aliphatic carbocycles. The summed E-state index contributed by atoms with van der Waals surface area (Å²) in [5.41, 5.74) is 40.1. The van der Waals surface area contributed by atoms with Gasteiger partial charge in [0.1, 0.15) is 72.5 Å². The highest BCUT2D eigenvalue weighted by Gasteiger charge is 2.40. The summed E-state index contributed by atoms with van der Waals surface area (Å²) in [6.07, 6.45) is -2.04. The third-order valence-corrected chi connectivity index (χ3v) is 19.3. The van der Waals surface area contributed by atoms with Gasteiger partial charge in [0.15, 0.2) is 17.9 Å². The maximum Gasteiger partial charge on any atom is 0.305 e. The first-order valence-electron chi connectivity index (χ1n) is 38.5. The summed E-state index contributed by atoms with van der Waals surface area (Å²) in [6.45, 7) is 19.6. The summed E-state index contributed by atoms with van der Waals surface area (Å²) in [5.74, 6) is -19.8. The number of benzene rings is 2. The molecule has 39 nitrogen and oxygen atoms in total. The van der Waals surface area contributed by atoms with E-state index in [-0.39, 0.29) is 119 Å². The van der Waals surface area contributed by atoms with Crippen molar-refractivity contribution in [1.29, 1.82) is 0 Å². The zero-order valence-corrected chi connectivity index (χ0v) is 68.5. The second kappa shape index (κ2) is 50.6. The number of carbonyl (C=O) groups is 15. The van der Waals surface area contributed by atoms with Crippen LogP contribution in [-0.4, -0.2) is 222 Å². The fourth-order valence-corrected chi connectivity index (χ4v) is 12.8. The maximum atomic E-state index is 15.0. The van der Waals surface area contributed by atoms with Crippen LogP contribution in [0.4, 0.5) is 0 Å². The van der Waals surface area contributed by atoms with Crippen LogP contribution in [0, 0.1) is 29.6 Å². The topological polar surface area (TPSA) is 652 Å². The number of aliphatic imine (C=N–C) groups is 3. The number of nitrogens with zero attached hydrogens (tertiary/aromatic N) is 3. The van der Waals surface area contributed by atoms with E-state index >= 15 is 0 Å². The first-order chi connectivity index (χ1) is 54.6. The number of carboxylic acids is 1. The Kier molecular flexibility index (Phi) is 43.0. The van der Waals surface area contributed by atoms with E-state index in [0.717, 1.165) is 11.8 Å². The minimum Gasteiger partial charge on any atom is -0.481 e. The fourth-order valence-electron chi connectivity index (χ4n) is 11.9. The molecule has 116 heavy (non-hydrogen) atoms. The number of carboxylic acid groups (broad SMARTS) is 1. The number of nitrogens with two attached hydrogens (primary N) is 7. The van der Waals surface area contributed by atoms with Gasteiger partial charge in [-0.3, -0.25) is 86.9 Å². The quantitative estimate of drug-likeness (QED) is 0.0159. The van der Waals surface area contributed by atoms with Crippen molar-refractivity contribution in [2.75, 3.05) is 37.7 Å². The molecule has 1 aliphatic heterocycles. The molecule has 28 N–H and O–H groups in total. The molecule has 2 aromatic rings. The van der Waals surface area contributed by atoms with Crippen molar-refractivity contribution in [3.63, 3.8) is 0 Å². The number of rotatable bonds is 29. The lowest BCUT2D eigenvalue weighted by atomic mass is 9.95. The molecule has 40 heteroatoms. The molecule has 0 radical (unpaired) electrons. The van der Waals surface area contributed by atoms with Crippen molar-refractivity contribution in [2.45, 2.75) is 212 Å². The van der Waals surface area contributed by atoms with Crippen LogP contribution in [-0.2, 0) is 84.8 Å². The van der Waals surface area contributed by atoms with E-state index in [0.29, 0.717) is 11.1 Å². The van der Waals surface area contributed by atoms with Crippen LogP contribution in [0.3, 0.4) is 0 Å². The molecule has 2 aromatic carbocycles. The number of nitrogens with one attached hydrogen (secondary N) is 13. The van der Waals surface area contributed by atoms with E-state index in [1.807, 2.05) is 0 Å². The van der Waals surface area contributed by atoms with Gasteiger partial charge in [-0.15, -0.1) is 11.8 Å². The Hall–Kier alpha value is -11.6. The standard InChI is InChI=1S/C76H121N23O16S/c1-12-43(10)60-72(114)90-48(26-20-29-85-75(80)81)63(105)93-53(35-57(102)103)69(111)98-61(44(11)27-30-86-76(82)83)73(115)97-58(41(6)7)70(112)94-52(34-46-23-17-14-18-24-46)67(109)89-47(25-19-28-84-74(78)79)64(106)95-54(62(104)87-36-55(77)100)37-116-38-56(101)88-51(33-45-21-15-13-16-22-45)66(108)91-49(31-39(2)3)65(107)92-50(32-40(4)5)68(110)96-59(42(8)9)71(113)99-60/h13-18,21-24,39-43,47-54,58-61H,11-12,19-20,25-38H2,1-10H3,(H2,77,100)(H,87,104)(H,88,101)(H,89,109)(H,90,114)(H,91,108)(H,92,107)(H,93,105)(H,94,112)(H,95,106)(H,96,110)(H,97,115)(H,98,111)(H,99,113)(H,102,103)(H4,78,79,84)(H4,80,81,85)(H4,82,83,86). The van der Waals surface area contributed by atoms with Crippen molar-refractivity contribution in [1.82, 2.24) is 69.1 Å². The summed E-state index contributed by atoms with van der Waals surface area (Å²) in [5, 5.41) is 44.3. The van der Waals surface area contributed by atoms with Crippen LogP contribution >= 0.6 is 11.8 Å². The Morgan fingerprint density at radius 1 is 0.474 bits per heavy atom. The molecule has 0 spiro atoms. The highest BCUT2D eigenvalue weighted by Crippen LogP contribution is 2.18. The minimum atomic E-state index is -2.05. The van der Waals surface area contributed by atoms with Crippen molar-refractivity contribution in [3.8, 4) is 0 Å². The number of thioether (sulfide) groups is 1. The molecule has 14 amide bonds. The molecule has 1 saturated heterocycles. The van der Waals surface area contributed by atoms with Gasteiger partial charge in [0, 0.05) is 38.2 Å². The number of amides is 14. The molecular formula is C76H121N23O16S. The number of carbonyl (C=O) groups excluding carboxylic acids is 14. The predicted molar refractivity (Wildman–Crippen MR) is 438 cm³/mol. The Balaban J connectivity index is 2.42. The average molecular weight is 1650 g/mol. The van der Waals surface area contributed by atoms with Gasteiger partial charge in [0.05, 0.1) is 18.7 Å². The molecule has 1 aliphatic rings. The van der Waals surface area contributed by atoms with Gasteiger partial charge in [-0.25, -0.2) is 0 Å². The van der Waals surface area contributed by atoms with Crippen LogP contribution in [0.1, 0.15) is 138 Å². The molecule has 3 rings (SSSR count). The monoisotopic (exact) mass is 1640 g/mol. The second-order valence-electron chi connectivity index (χ2n) is 29.9. The smallest absolute Gasteiger partial charge is 0.305 e. The normalized spacial score (nSPS) is 23.2. The molecule has 0 aromatic heterocycles. The number of guanidine groups is 3. The number of primary amides is 1. The molecule has 1 heterocycles. The van der Waals surface area contributed by atoms with E-state index in [9.17, 15) is 77.0 Å². The van der Waals surface area contributed by atoms with Gasteiger partial charge in [0.25, 0.3) is 0 Å². The minimum absolute atomic E-state index is 0.00548. The second-order valence-corrected chi connectivity index (χ2v) is 30.9. The lowest BCUT2D eigenvalue weighted by molar-refractivity contribution is -0.141.